The molecule has 19 heavy (non-hydrogen) atoms. The van der Waals surface area contributed by atoms with E-state index in [1.807, 2.05) is 0 Å². The zero-order chi connectivity index (χ0) is 14.4. The van der Waals surface area contributed by atoms with Crippen molar-refractivity contribution in [3.8, 4) is 5.75 Å². The number of carbonyl (C=O) groups is 1. The van der Waals surface area contributed by atoms with Gasteiger partial charge < -0.3 is 25.3 Å². The molecule has 0 heterocycles. The lowest BCUT2D eigenvalue weighted by atomic mass is 9.95. The van der Waals surface area contributed by atoms with E-state index in [0.717, 1.165) is 6.07 Å². The quantitative estimate of drug-likeness (QED) is 0.465. The zero-order valence-electron chi connectivity index (χ0n) is 10.4. The molecular weight excluding hydrogens is 256 g/mol. The second-order valence-corrected chi connectivity index (χ2v) is 3.89. The van der Waals surface area contributed by atoms with Gasteiger partial charge in [-0.3, -0.25) is 4.79 Å². The van der Waals surface area contributed by atoms with Crippen LogP contribution in [-0.2, 0) is 16.0 Å². The van der Waals surface area contributed by atoms with Crippen molar-refractivity contribution in [3.63, 3.8) is 0 Å². The van der Waals surface area contributed by atoms with E-state index in [1.54, 1.807) is 0 Å². The molecule has 1 atom stereocenters. The summed E-state index contributed by atoms with van der Waals surface area (Å²) in [6.45, 7) is -0.455. The van der Waals surface area contributed by atoms with Gasteiger partial charge in [0.2, 0.25) is 0 Å². The Balaban J connectivity index is 2.75. The molecule has 0 aliphatic heterocycles. The lowest BCUT2D eigenvalue weighted by molar-refractivity contribution is -0.142. The fourth-order valence-electron chi connectivity index (χ4n) is 1.44. The van der Waals surface area contributed by atoms with E-state index in [1.165, 1.54) is 19.2 Å². The van der Waals surface area contributed by atoms with E-state index < -0.39 is 31.5 Å². The predicted octanol–water partition coefficient (Wildman–Crippen LogP) is -0.741. The fourth-order valence-corrected chi connectivity index (χ4v) is 1.44. The number of nitrogens with two attached hydrogens (primary N) is 1. The normalized spacial score (nSPS) is 11.8. The molecule has 0 bridgehead atoms. The molecule has 4 N–H and O–H groups in total. The molecule has 1 rings (SSSR count). The summed E-state index contributed by atoms with van der Waals surface area (Å²) >= 11 is 0. The second-order valence-electron chi connectivity index (χ2n) is 3.89. The van der Waals surface area contributed by atoms with Gasteiger partial charge in [0, 0.05) is 0 Å². The molecular formula is C11H15BFNO5. The highest BCUT2D eigenvalue weighted by Gasteiger charge is 2.16. The molecule has 0 spiro atoms. The molecule has 1 aromatic rings. The van der Waals surface area contributed by atoms with Crippen LogP contribution in [0, 0.1) is 5.82 Å². The molecule has 0 unspecified atom stereocenters. The topological polar surface area (TPSA) is 102 Å². The number of esters is 1. The van der Waals surface area contributed by atoms with Gasteiger partial charge in [-0.1, -0.05) is 6.07 Å². The number of carbonyl (C=O) groups excluding carboxylic acids is 1. The van der Waals surface area contributed by atoms with E-state index in [9.17, 15) is 9.18 Å². The summed E-state index contributed by atoms with van der Waals surface area (Å²) in [5.41, 5.74) is 6.15. The highest BCUT2D eigenvalue weighted by atomic mass is 19.1. The molecule has 0 aliphatic rings. The third kappa shape index (κ3) is 4.86. The first-order valence-corrected chi connectivity index (χ1v) is 5.54. The lowest BCUT2D eigenvalue weighted by Gasteiger charge is -2.11. The van der Waals surface area contributed by atoms with Gasteiger partial charge in [-0.2, -0.15) is 0 Å². The Hall–Kier alpha value is -1.64. The minimum absolute atomic E-state index is 0.136. The molecule has 6 nitrogen and oxygen atoms in total. The van der Waals surface area contributed by atoms with E-state index in [-0.39, 0.29) is 12.2 Å². The van der Waals surface area contributed by atoms with Crippen LogP contribution >= 0.6 is 0 Å². The van der Waals surface area contributed by atoms with E-state index in [4.69, 9.17) is 20.5 Å². The Morgan fingerprint density at radius 1 is 1.53 bits per heavy atom. The van der Waals surface area contributed by atoms with Crippen LogP contribution in [0.1, 0.15) is 5.56 Å². The minimum atomic E-state index is -1.69. The molecule has 8 heteroatoms. The third-order valence-electron chi connectivity index (χ3n) is 2.34. The van der Waals surface area contributed by atoms with E-state index in [0.29, 0.717) is 5.56 Å². The van der Waals surface area contributed by atoms with Crippen molar-refractivity contribution in [2.45, 2.75) is 12.5 Å². The second kappa shape index (κ2) is 7.08. The monoisotopic (exact) mass is 271 g/mol. The standard InChI is InChI=1S/C11H15BFNO5/c1-18-11(15)9(14)4-7-2-3-8(13)10(5-7)19-6-12(16)17/h2-3,5,9,16-17H,4,6,14H2,1H3/t9-/m0/s1. The summed E-state index contributed by atoms with van der Waals surface area (Å²) in [6, 6.07) is 3.10. The molecule has 1 aromatic carbocycles. The maximum atomic E-state index is 13.4. The van der Waals surface area contributed by atoms with Crippen LogP contribution in [0.25, 0.3) is 0 Å². The number of methoxy groups -OCH3 is 1. The highest BCUT2D eigenvalue weighted by molar-refractivity contribution is 6.40. The van der Waals surface area contributed by atoms with Crippen molar-refractivity contribution in [1.29, 1.82) is 0 Å². The largest absolute Gasteiger partial charge is 0.493 e. The maximum absolute atomic E-state index is 13.4. The van der Waals surface area contributed by atoms with Crippen molar-refractivity contribution >= 4 is 13.1 Å². The molecule has 0 saturated heterocycles. The summed E-state index contributed by atoms with van der Waals surface area (Å²) in [5.74, 6) is -1.35. The van der Waals surface area contributed by atoms with Gasteiger partial charge in [0.15, 0.2) is 11.6 Å². The number of hydrogen-bond acceptors (Lipinski definition) is 6. The molecule has 0 aliphatic carbocycles. The summed E-state index contributed by atoms with van der Waals surface area (Å²) in [5, 5.41) is 17.3. The van der Waals surface area contributed by atoms with Crippen molar-refractivity contribution in [2.75, 3.05) is 13.6 Å². The number of hydrogen-bond donors (Lipinski definition) is 3. The Morgan fingerprint density at radius 2 is 2.21 bits per heavy atom. The molecule has 0 radical (unpaired) electrons. The predicted molar refractivity (Wildman–Crippen MR) is 65.8 cm³/mol. The van der Waals surface area contributed by atoms with Crippen molar-refractivity contribution < 1.29 is 28.7 Å². The number of ether oxygens (including phenoxy) is 2. The first-order valence-electron chi connectivity index (χ1n) is 5.54. The molecule has 0 amide bonds. The van der Waals surface area contributed by atoms with Crippen molar-refractivity contribution in [2.24, 2.45) is 5.73 Å². The summed E-state index contributed by atoms with van der Waals surface area (Å²) in [4.78, 5) is 11.2. The fraction of sp³-hybridized carbons (Fsp3) is 0.364. The lowest BCUT2D eigenvalue weighted by Crippen LogP contribution is -2.33. The Morgan fingerprint density at radius 3 is 2.79 bits per heavy atom. The Kier molecular flexibility index (Phi) is 5.74. The first-order chi connectivity index (χ1) is 8.93. The first kappa shape index (κ1) is 15.4. The molecule has 0 saturated carbocycles. The van der Waals surface area contributed by atoms with Gasteiger partial charge in [-0.25, -0.2) is 4.39 Å². The van der Waals surface area contributed by atoms with Crippen molar-refractivity contribution in [3.05, 3.63) is 29.6 Å². The summed E-state index contributed by atoms with van der Waals surface area (Å²) in [7, 11) is -0.468. The molecule has 104 valence electrons. The van der Waals surface area contributed by atoms with E-state index >= 15 is 0 Å². The third-order valence-corrected chi connectivity index (χ3v) is 2.34. The number of benzene rings is 1. The average molecular weight is 271 g/mol. The van der Waals surface area contributed by atoms with Gasteiger partial charge >= 0.3 is 13.1 Å². The van der Waals surface area contributed by atoms with Gasteiger partial charge in [0.25, 0.3) is 0 Å². The molecule has 0 fully saturated rings. The smallest absolute Gasteiger partial charge is 0.491 e. The van der Waals surface area contributed by atoms with Crippen LogP contribution in [0.4, 0.5) is 4.39 Å². The highest BCUT2D eigenvalue weighted by Crippen LogP contribution is 2.19. The average Bonchev–Trinajstić information content (AvgIpc) is 2.38. The van der Waals surface area contributed by atoms with Crippen LogP contribution in [0.15, 0.2) is 18.2 Å². The summed E-state index contributed by atoms with van der Waals surface area (Å²) < 4.78 is 22.7. The summed E-state index contributed by atoms with van der Waals surface area (Å²) in [6.07, 6.45) is 0.158. The van der Waals surface area contributed by atoms with Crippen molar-refractivity contribution in [1.82, 2.24) is 0 Å². The van der Waals surface area contributed by atoms with Crippen LogP contribution in [0.5, 0.6) is 5.75 Å². The van der Waals surface area contributed by atoms with Gasteiger partial charge in [0.05, 0.1) is 7.11 Å². The van der Waals surface area contributed by atoms with Gasteiger partial charge in [0.1, 0.15) is 12.5 Å². The van der Waals surface area contributed by atoms with Crippen LogP contribution in [0.2, 0.25) is 0 Å². The maximum Gasteiger partial charge on any atom is 0.491 e. The number of halogens is 1. The Labute approximate surface area is 110 Å². The van der Waals surface area contributed by atoms with E-state index in [2.05, 4.69) is 4.74 Å². The zero-order valence-corrected chi connectivity index (χ0v) is 10.4. The molecule has 0 aromatic heterocycles. The van der Waals surface area contributed by atoms with Crippen LogP contribution < -0.4 is 10.5 Å². The van der Waals surface area contributed by atoms with Crippen LogP contribution in [-0.4, -0.2) is 42.8 Å². The Bertz CT molecular complexity index is 443. The number of rotatable bonds is 6. The minimum Gasteiger partial charge on any atom is -0.493 e. The SMILES string of the molecule is COC(=O)[C@@H](N)Cc1ccc(F)c(OCB(O)O)c1. The van der Waals surface area contributed by atoms with Gasteiger partial charge in [-0.15, -0.1) is 0 Å². The van der Waals surface area contributed by atoms with Crippen LogP contribution in [0.3, 0.4) is 0 Å². The van der Waals surface area contributed by atoms with Gasteiger partial charge in [-0.05, 0) is 24.1 Å².